The van der Waals surface area contributed by atoms with Crippen molar-refractivity contribution >= 4 is 52.2 Å². The van der Waals surface area contributed by atoms with Crippen LogP contribution < -0.4 is 27.0 Å². The van der Waals surface area contributed by atoms with E-state index in [1.54, 1.807) is 13.0 Å². The number of aliphatic hydroxyl groups excluding tert-OH is 3. The van der Waals surface area contributed by atoms with Gasteiger partial charge in [0.25, 0.3) is 5.91 Å². The monoisotopic (exact) mass is 974 g/mol. The van der Waals surface area contributed by atoms with E-state index in [9.17, 15) is 44.7 Å². The average molecular weight is 974 g/mol. The number of rotatable bonds is 17. The molecule has 374 valence electrons. The predicted molar refractivity (Wildman–Crippen MR) is 280 cm³/mol. The van der Waals surface area contributed by atoms with Crippen LogP contribution in [0.1, 0.15) is 120 Å². The third-order valence-electron chi connectivity index (χ3n) is 15.3. The molecule has 4 aromatic carbocycles. The van der Waals surface area contributed by atoms with Gasteiger partial charge in [-0.2, -0.15) is 0 Å². The second-order valence-corrected chi connectivity index (χ2v) is 24.9. The number of amides is 2. The van der Waals surface area contributed by atoms with Crippen molar-refractivity contribution in [1.29, 1.82) is 0 Å². The Labute approximate surface area is 413 Å². The summed E-state index contributed by atoms with van der Waals surface area (Å²) in [5.74, 6) is -10.1. The number of phenols is 1. The van der Waals surface area contributed by atoms with Gasteiger partial charge in [-0.1, -0.05) is 13.0 Å². The molecule has 0 spiro atoms. The molecular formula is C57H72N3O9P. The summed E-state index contributed by atoms with van der Waals surface area (Å²) < 4.78 is 0. The Hall–Kier alpha value is -5.65. The Kier molecular flexibility index (Phi) is 15.4. The molecule has 0 heterocycles. The number of benzene rings is 4. The average Bonchev–Trinajstić information content (AvgIpc) is 3.26. The quantitative estimate of drug-likeness (QED) is 0.0238. The molecule has 3 aliphatic carbocycles. The summed E-state index contributed by atoms with van der Waals surface area (Å²) in [4.78, 5) is 55.0. The number of hydrogen-bond donors (Lipinski definition) is 7. The van der Waals surface area contributed by atoms with E-state index in [-0.39, 0.29) is 23.6 Å². The van der Waals surface area contributed by atoms with Gasteiger partial charge in [0.05, 0.1) is 29.3 Å². The van der Waals surface area contributed by atoms with Gasteiger partial charge in [0.1, 0.15) is 17.1 Å². The third-order valence-corrected chi connectivity index (χ3v) is 20.2. The van der Waals surface area contributed by atoms with Gasteiger partial charge in [0.15, 0.2) is 17.1 Å². The van der Waals surface area contributed by atoms with Crippen LogP contribution in [0.15, 0.2) is 89.4 Å². The molecule has 4 aromatic rings. The van der Waals surface area contributed by atoms with Gasteiger partial charge in [-0.05, 0) is 31.6 Å². The molecule has 0 unspecified atom stereocenters. The Morgan fingerprint density at radius 2 is 1.17 bits per heavy atom. The zero-order valence-corrected chi connectivity index (χ0v) is 43.2. The number of phenolic OH excluding ortho intramolecular Hbond substituents is 1. The maximum absolute atomic E-state index is 14.3. The number of nitrogens with one attached hydrogen (secondary N) is 1. The van der Waals surface area contributed by atoms with Crippen LogP contribution in [0.5, 0.6) is 5.75 Å². The number of aryl methyl sites for hydroxylation is 6. The molecule has 0 fully saturated rings. The maximum atomic E-state index is 14.3. The van der Waals surface area contributed by atoms with Crippen LogP contribution in [-0.4, -0.2) is 91.8 Å². The first-order valence-electron chi connectivity index (χ1n) is 24.8. The van der Waals surface area contributed by atoms with E-state index in [4.69, 9.17) is 5.73 Å². The summed E-state index contributed by atoms with van der Waals surface area (Å²) in [6.07, 6.45) is 7.61. The number of anilines is 1. The summed E-state index contributed by atoms with van der Waals surface area (Å²) in [6, 6.07) is 23.1. The number of unbranched alkanes of at least 4 members (excludes halogenated alkanes) is 7. The van der Waals surface area contributed by atoms with Gasteiger partial charge in [-0.15, -0.1) is 0 Å². The molecule has 0 aliphatic heterocycles. The first-order chi connectivity index (χ1) is 33.0. The molecular weight excluding hydrogens is 902 g/mol. The number of carbonyl (C=O) groups excluding carboxylic acids is 4. The Morgan fingerprint density at radius 3 is 1.63 bits per heavy atom. The van der Waals surface area contributed by atoms with E-state index in [1.807, 2.05) is 0 Å². The Morgan fingerprint density at radius 1 is 0.714 bits per heavy atom. The predicted octanol–water partition coefficient (Wildman–Crippen LogP) is 7.68. The first kappa shape index (κ1) is 52.2. The van der Waals surface area contributed by atoms with Gasteiger partial charge in [-0.25, -0.2) is 0 Å². The normalized spacial score (nSPS) is 22.5. The fraction of sp³-hybridized carbons (Fsp3) is 0.439. The fourth-order valence-electron chi connectivity index (χ4n) is 12.3. The molecule has 70 heavy (non-hydrogen) atoms. The minimum atomic E-state index is -3.01. The number of ketones is 2. The molecule has 0 radical (unpaired) electrons. The summed E-state index contributed by atoms with van der Waals surface area (Å²) in [7, 11) is 0.547. The molecule has 7 rings (SSSR count). The standard InChI is InChI=1S/C57H72N3O9P/c1-31-22-32(2)26-38(25-31)70(39-27-33(3)23-34(4)28-39,40-29-35(5)24-36(6)30-40)21-17-15-13-11-10-12-14-16-18-43(61)59-42-20-19-41-37(7)44-46(51(63)45(41)50(42)62)54(66)57(69)48(52(44)64)49(60(8)9)53(65)47(55(57)67)56(58)68/h19-20,22-30,37,44,48-49,52,62,64-66,69-70H,10-18,21H2,1-9H3,(H2,58,68)(H,59,61)/t37-,44+,48+,49-,52-,57-/m0/s1. The van der Waals surface area contributed by atoms with Gasteiger partial charge in [0.2, 0.25) is 5.78 Å². The van der Waals surface area contributed by atoms with Crippen molar-refractivity contribution in [3.63, 3.8) is 0 Å². The summed E-state index contributed by atoms with van der Waals surface area (Å²) >= 11 is 0. The fourth-order valence-corrected chi connectivity index (χ4v) is 17.8. The first-order valence-corrected chi connectivity index (χ1v) is 27.0. The summed E-state index contributed by atoms with van der Waals surface area (Å²) in [5.41, 5.74) is 8.77. The van der Waals surface area contributed by atoms with E-state index < -0.39 is 88.7 Å². The molecule has 8 N–H and O–H groups in total. The van der Waals surface area contributed by atoms with Crippen molar-refractivity contribution in [2.45, 2.75) is 130 Å². The molecule has 0 saturated heterocycles. The minimum absolute atomic E-state index is 0.0271. The van der Waals surface area contributed by atoms with Crippen LogP contribution in [0.25, 0.3) is 0 Å². The van der Waals surface area contributed by atoms with E-state index in [2.05, 4.69) is 101 Å². The second kappa shape index (κ2) is 20.6. The zero-order valence-electron chi connectivity index (χ0n) is 42.2. The van der Waals surface area contributed by atoms with Gasteiger partial charge in [-0.3, -0.25) is 19.3 Å². The molecule has 12 nitrogen and oxygen atoms in total. The number of aliphatic hydroxyl groups is 4. The molecule has 0 aromatic heterocycles. The number of hydrogen-bond acceptors (Lipinski definition) is 10. The Bertz CT molecular complexity index is 2630. The van der Waals surface area contributed by atoms with Crippen LogP contribution >= 0.6 is 7.26 Å². The van der Waals surface area contributed by atoms with Crippen LogP contribution in [0.3, 0.4) is 0 Å². The van der Waals surface area contributed by atoms with Crippen molar-refractivity contribution in [3.05, 3.63) is 134 Å². The van der Waals surface area contributed by atoms with E-state index >= 15 is 0 Å². The number of aromatic hydroxyl groups is 1. The molecule has 0 saturated carbocycles. The van der Waals surface area contributed by atoms with Crippen LogP contribution in [0, 0.1) is 53.4 Å². The number of nitrogens with two attached hydrogens (primary N) is 1. The van der Waals surface area contributed by atoms with Crippen LogP contribution in [-0.2, 0) is 14.4 Å². The van der Waals surface area contributed by atoms with E-state index in [0.717, 1.165) is 51.1 Å². The van der Waals surface area contributed by atoms with Gasteiger partial charge in [0, 0.05) is 11.5 Å². The second-order valence-electron chi connectivity index (χ2n) is 20.9. The molecule has 6 atom stereocenters. The SMILES string of the molecule is Cc1cc(C)cc([PH](CCCCCCCCCCC(=O)Nc2ccc3c(c2O)C(=O)C2=C(O)[C@]4(O)C(=O)C(C(N)=O)=C(O)[C@@H](N(C)C)[C@@H]4[C@@H](O)[C@@H]2[C@H]3C)(c2cc(C)cc(C)c2)c2cc(C)cc(C)c2)c1. The number of primary amides is 1. The van der Waals surface area contributed by atoms with Crippen molar-refractivity contribution in [2.75, 3.05) is 25.6 Å². The third kappa shape index (κ3) is 9.48. The molecule has 2 amide bonds. The number of Topliss-reactive ketones (excluding diaryl/α,β-unsaturated/α-hetero) is 2. The van der Waals surface area contributed by atoms with Crippen molar-refractivity contribution in [3.8, 4) is 5.75 Å². The van der Waals surface area contributed by atoms with Crippen molar-refractivity contribution < 1.29 is 44.7 Å². The Balaban J connectivity index is 0.964. The number of nitrogens with zero attached hydrogens (tertiary/aromatic N) is 1. The van der Waals surface area contributed by atoms with Gasteiger partial charge >= 0.3 is 233 Å². The van der Waals surface area contributed by atoms with Crippen LogP contribution in [0.2, 0.25) is 0 Å². The summed E-state index contributed by atoms with van der Waals surface area (Å²) in [5, 5.41) is 65.3. The molecule has 0 bridgehead atoms. The summed E-state index contributed by atoms with van der Waals surface area (Å²) in [6.45, 7) is 14.9. The van der Waals surface area contributed by atoms with Crippen molar-refractivity contribution in [2.24, 2.45) is 17.6 Å². The van der Waals surface area contributed by atoms with Crippen molar-refractivity contribution in [1.82, 2.24) is 4.90 Å². The number of fused-ring (bicyclic) bond motifs is 3. The number of likely N-dealkylation sites (N-methyl/N-ethyl adjacent to an activating group) is 1. The molecule has 13 heteroatoms. The van der Waals surface area contributed by atoms with Gasteiger partial charge < -0.3 is 31.3 Å². The van der Waals surface area contributed by atoms with E-state index in [1.165, 1.54) is 74.4 Å². The molecule has 3 aliphatic rings. The van der Waals surface area contributed by atoms with E-state index in [0.29, 0.717) is 12.0 Å². The van der Waals surface area contributed by atoms with Crippen LogP contribution in [0.4, 0.5) is 5.69 Å². The zero-order chi connectivity index (χ0) is 51.1. The topological polar surface area (TPSA) is 211 Å². The number of carbonyl (C=O) groups is 4.